The molecule has 1 aliphatic rings. The first-order valence-electron chi connectivity index (χ1n) is 7.86. The number of likely N-dealkylation sites (tertiary alicyclic amines) is 1. The molecule has 0 amide bonds. The molecular formula is C17H29N3O. The molecule has 1 aromatic rings. The van der Waals surface area contributed by atoms with E-state index in [4.69, 9.17) is 10.5 Å². The Morgan fingerprint density at radius 2 is 2.05 bits per heavy atom. The van der Waals surface area contributed by atoms with Crippen LogP contribution in [0.4, 0.5) is 5.69 Å². The number of benzene rings is 1. The Kier molecular flexibility index (Phi) is 6.03. The van der Waals surface area contributed by atoms with Gasteiger partial charge in [0.1, 0.15) is 0 Å². The van der Waals surface area contributed by atoms with Crippen molar-refractivity contribution in [2.45, 2.75) is 18.9 Å². The fourth-order valence-corrected chi connectivity index (χ4v) is 3.24. The van der Waals surface area contributed by atoms with E-state index >= 15 is 0 Å². The molecule has 4 nitrogen and oxygen atoms in total. The van der Waals surface area contributed by atoms with Crippen LogP contribution >= 0.6 is 0 Å². The smallest absolute Gasteiger partial charge is 0.0502 e. The quantitative estimate of drug-likeness (QED) is 0.871. The zero-order chi connectivity index (χ0) is 15.2. The monoisotopic (exact) mass is 291 g/mol. The maximum absolute atomic E-state index is 6.07. The predicted octanol–water partition coefficient (Wildman–Crippen LogP) is 2.11. The van der Waals surface area contributed by atoms with E-state index in [1.165, 1.54) is 24.1 Å². The maximum Gasteiger partial charge on any atom is 0.0502 e. The number of ether oxygens (including phenoxy) is 1. The topological polar surface area (TPSA) is 41.7 Å². The molecule has 21 heavy (non-hydrogen) atoms. The largest absolute Gasteiger partial charge is 0.384 e. The van der Waals surface area contributed by atoms with Crippen LogP contribution in [-0.2, 0) is 4.74 Å². The highest BCUT2D eigenvalue weighted by molar-refractivity contribution is 5.46. The van der Waals surface area contributed by atoms with Crippen molar-refractivity contribution < 1.29 is 4.74 Å². The van der Waals surface area contributed by atoms with Gasteiger partial charge in [0.2, 0.25) is 0 Å². The highest BCUT2D eigenvalue weighted by Gasteiger charge is 2.26. The summed E-state index contributed by atoms with van der Waals surface area (Å²) in [5.41, 5.74) is 8.62. The van der Waals surface area contributed by atoms with Crippen molar-refractivity contribution in [2.75, 3.05) is 52.3 Å². The van der Waals surface area contributed by atoms with Gasteiger partial charge >= 0.3 is 0 Å². The number of nitrogens with zero attached hydrogens (tertiary/aromatic N) is 2. The van der Waals surface area contributed by atoms with Gasteiger partial charge in [-0.25, -0.2) is 0 Å². The molecule has 0 aliphatic carbocycles. The van der Waals surface area contributed by atoms with Crippen LogP contribution in [-0.4, -0.2) is 52.3 Å². The fourth-order valence-electron chi connectivity index (χ4n) is 3.24. The summed E-state index contributed by atoms with van der Waals surface area (Å²) < 4.78 is 5.33. The summed E-state index contributed by atoms with van der Waals surface area (Å²) in [6, 6.07) is 9.10. The van der Waals surface area contributed by atoms with Crippen LogP contribution in [0.1, 0.15) is 24.4 Å². The molecular weight excluding hydrogens is 262 g/mol. The molecule has 0 spiro atoms. The van der Waals surface area contributed by atoms with Gasteiger partial charge in [-0.3, -0.25) is 4.90 Å². The third kappa shape index (κ3) is 4.19. The van der Waals surface area contributed by atoms with Gasteiger partial charge < -0.3 is 15.4 Å². The van der Waals surface area contributed by atoms with Crippen molar-refractivity contribution in [3.05, 3.63) is 29.8 Å². The number of nitrogens with two attached hydrogens (primary N) is 1. The molecule has 4 heteroatoms. The van der Waals surface area contributed by atoms with Crippen LogP contribution in [0.15, 0.2) is 24.3 Å². The summed E-state index contributed by atoms with van der Waals surface area (Å²) in [4.78, 5) is 4.65. The first-order valence-corrected chi connectivity index (χ1v) is 7.86. The van der Waals surface area contributed by atoms with E-state index in [2.05, 4.69) is 48.2 Å². The van der Waals surface area contributed by atoms with E-state index in [9.17, 15) is 0 Å². The molecule has 2 N–H and O–H groups in total. The van der Waals surface area contributed by atoms with E-state index < -0.39 is 0 Å². The first kappa shape index (κ1) is 16.3. The molecule has 1 fully saturated rings. The summed E-state index contributed by atoms with van der Waals surface area (Å²) in [6.07, 6.45) is 2.50. The second-order valence-corrected chi connectivity index (χ2v) is 6.20. The van der Waals surface area contributed by atoms with Gasteiger partial charge in [-0.15, -0.1) is 0 Å². The molecule has 1 heterocycles. The molecule has 2 rings (SSSR count). The second-order valence-electron chi connectivity index (χ2n) is 6.20. The van der Waals surface area contributed by atoms with Crippen LogP contribution < -0.4 is 10.6 Å². The molecule has 2 unspecified atom stereocenters. The predicted molar refractivity (Wildman–Crippen MR) is 88.7 cm³/mol. The van der Waals surface area contributed by atoms with Gasteiger partial charge in [0.25, 0.3) is 0 Å². The summed E-state index contributed by atoms with van der Waals surface area (Å²) >= 11 is 0. The highest BCUT2D eigenvalue weighted by atomic mass is 16.5. The minimum Gasteiger partial charge on any atom is -0.384 e. The Balaban J connectivity index is 2.07. The average molecular weight is 291 g/mol. The summed E-state index contributed by atoms with van der Waals surface area (Å²) in [7, 11) is 5.92. The number of piperidine rings is 1. The van der Waals surface area contributed by atoms with E-state index in [0.717, 1.165) is 19.7 Å². The molecule has 0 radical (unpaired) electrons. The number of hydrogen-bond donors (Lipinski definition) is 1. The van der Waals surface area contributed by atoms with Gasteiger partial charge in [-0.2, -0.15) is 0 Å². The maximum atomic E-state index is 6.07. The molecule has 118 valence electrons. The van der Waals surface area contributed by atoms with E-state index in [0.29, 0.717) is 18.5 Å². The number of methoxy groups -OCH3 is 1. The molecule has 0 aromatic heterocycles. The Morgan fingerprint density at radius 3 is 2.62 bits per heavy atom. The van der Waals surface area contributed by atoms with Gasteiger partial charge in [0.15, 0.2) is 0 Å². The van der Waals surface area contributed by atoms with Crippen molar-refractivity contribution >= 4 is 5.69 Å². The minimum absolute atomic E-state index is 0.320. The van der Waals surface area contributed by atoms with Crippen molar-refractivity contribution in [3.8, 4) is 0 Å². The summed E-state index contributed by atoms with van der Waals surface area (Å²) in [5, 5.41) is 0. The highest BCUT2D eigenvalue weighted by Crippen LogP contribution is 2.27. The number of hydrogen-bond acceptors (Lipinski definition) is 4. The molecule has 1 aliphatic heterocycles. The lowest BCUT2D eigenvalue weighted by Gasteiger charge is -2.38. The zero-order valence-electron chi connectivity index (χ0n) is 13.6. The lowest BCUT2D eigenvalue weighted by Crippen LogP contribution is -2.42. The fraction of sp³-hybridized carbons (Fsp3) is 0.647. The van der Waals surface area contributed by atoms with Crippen molar-refractivity contribution in [3.63, 3.8) is 0 Å². The average Bonchev–Trinajstić information content (AvgIpc) is 2.49. The van der Waals surface area contributed by atoms with Gasteiger partial charge in [-0.05, 0) is 43.0 Å². The second kappa shape index (κ2) is 7.78. The molecule has 0 saturated carbocycles. The first-order chi connectivity index (χ1) is 10.2. The van der Waals surface area contributed by atoms with E-state index in [-0.39, 0.29) is 0 Å². The third-order valence-corrected chi connectivity index (χ3v) is 4.41. The zero-order valence-corrected chi connectivity index (χ0v) is 13.6. The molecule has 1 aromatic carbocycles. The molecule has 2 atom stereocenters. The van der Waals surface area contributed by atoms with Crippen molar-refractivity contribution in [2.24, 2.45) is 11.7 Å². The molecule has 1 saturated heterocycles. The SMILES string of the molecule is COCC1CCCN(C(CN)c2ccc(N(C)C)cc2)C1. The summed E-state index contributed by atoms with van der Waals surface area (Å²) in [5.74, 6) is 0.638. The standard InChI is InChI=1S/C17H29N3O/c1-19(2)16-8-6-15(7-9-16)17(11-18)20-10-4-5-14(12-20)13-21-3/h6-9,14,17H,4-5,10-13,18H2,1-3H3. The van der Waals surface area contributed by atoms with Crippen molar-refractivity contribution in [1.82, 2.24) is 4.90 Å². The Bertz CT molecular complexity index is 417. The van der Waals surface area contributed by atoms with Crippen molar-refractivity contribution in [1.29, 1.82) is 0 Å². The Hall–Kier alpha value is -1.10. The van der Waals surface area contributed by atoms with Gasteiger partial charge in [-0.1, -0.05) is 12.1 Å². The molecule has 0 bridgehead atoms. The van der Waals surface area contributed by atoms with E-state index in [1.54, 1.807) is 7.11 Å². The van der Waals surface area contributed by atoms with Crippen LogP contribution in [0.25, 0.3) is 0 Å². The lowest BCUT2D eigenvalue weighted by molar-refractivity contribution is 0.0697. The van der Waals surface area contributed by atoms with E-state index in [1.807, 2.05) is 0 Å². The number of rotatable bonds is 6. The van der Waals surface area contributed by atoms with Crippen LogP contribution in [0.5, 0.6) is 0 Å². The van der Waals surface area contributed by atoms with Crippen LogP contribution in [0.2, 0.25) is 0 Å². The third-order valence-electron chi connectivity index (χ3n) is 4.41. The van der Waals surface area contributed by atoms with Gasteiger partial charge in [0.05, 0.1) is 6.61 Å². The van der Waals surface area contributed by atoms with Crippen LogP contribution in [0, 0.1) is 5.92 Å². The Labute approximate surface area is 128 Å². The number of anilines is 1. The Morgan fingerprint density at radius 1 is 1.33 bits per heavy atom. The normalized spacial score (nSPS) is 21.2. The summed E-state index contributed by atoms with van der Waals surface area (Å²) in [6.45, 7) is 3.75. The van der Waals surface area contributed by atoms with Crippen LogP contribution in [0.3, 0.4) is 0 Å². The minimum atomic E-state index is 0.320. The lowest BCUT2D eigenvalue weighted by atomic mass is 9.95. The van der Waals surface area contributed by atoms with Gasteiger partial charge in [0, 0.05) is 46.0 Å².